The van der Waals surface area contributed by atoms with E-state index in [9.17, 15) is 18.0 Å². The highest BCUT2D eigenvalue weighted by molar-refractivity contribution is 7.89. The Morgan fingerprint density at radius 3 is 2.47 bits per heavy atom. The number of anilines is 2. The second-order valence-electron chi connectivity index (χ2n) is 7.88. The average Bonchev–Trinajstić information content (AvgIpc) is 3.47. The Morgan fingerprint density at radius 2 is 1.75 bits per heavy atom. The molecule has 2 fully saturated rings. The van der Waals surface area contributed by atoms with Crippen LogP contribution in [0.2, 0.25) is 5.02 Å². The summed E-state index contributed by atoms with van der Waals surface area (Å²) in [7, 11) is -3.72. The van der Waals surface area contributed by atoms with Gasteiger partial charge in [-0.15, -0.1) is 0 Å². The summed E-state index contributed by atoms with van der Waals surface area (Å²) >= 11 is 6.14. The molecule has 1 saturated heterocycles. The maximum atomic E-state index is 12.8. The molecule has 0 bridgehead atoms. The number of hydrogen-bond donors (Lipinski definition) is 2. The number of sulfonamides is 1. The monoisotopic (exact) mass is 477 g/mol. The number of carbonyl (C=O) groups is 2. The third-order valence-electron chi connectivity index (χ3n) is 5.32. The average molecular weight is 478 g/mol. The lowest BCUT2D eigenvalue weighted by molar-refractivity contribution is -0.118. The van der Waals surface area contributed by atoms with Crippen molar-refractivity contribution >= 4 is 44.8 Å². The van der Waals surface area contributed by atoms with E-state index in [1.54, 1.807) is 24.3 Å². The molecule has 1 saturated carbocycles. The van der Waals surface area contributed by atoms with E-state index < -0.39 is 15.9 Å². The minimum Gasteiger partial charge on any atom is -0.484 e. The van der Waals surface area contributed by atoms with Gasteiger partial charge in [-0.25, -0.2) is 8.42 Å². The van der Waals surface area contributed by atoms with Gasteiger partial charge < -0.3 is 15.4 Å². The fourth-order valence-corrected chi connectivity index (χ4v) is 5.46. The minimum absolute atomic E-state index is 0.0117. The number of halogens is 1. The summed E-state index contributed by atoms with van der Waals surface area (Å²) in [5, 5.41) is 5.57. The molecule has 2 aliphatic rings. The number of ether oxygens (including phenoxy) is 1. The molecule has 0 atom stereocenters. The fourth-order valence-electron chi connectivity index (χ4n) is 3.45. The Bertz CT molecular complexity index is 1130. The zero-order valence-electron chi connectivity index (χ0n) is 17.3. The van der Waals surface area contributed by atoms with Crippen LogP contribution in [0.5, 0.6) is 5.75 Å². The highest BCUT2D eigenvalue weighted by Gasteiger charge is 2.30. The zero-order valence-corrected chi connectivity index (χ0v) is 18.9. The van der Waals surface area contributed by atoms with E-state index in [-0.39, 0.29) is 28.4 Å². The van der Waals surface area contributed by atoms with Crippen LogP contribution in [0, 0.1) is 5.92 Å². The van der Waals surface area contributed by atoms with Crippen molar-refractivity contribution in [2.75, 3.05) is 30.3 Å². The summed E-state index contributed by atoms with van der Waals surface area (Å²) in [6.07, 6.45) is 3.45. The van der Waals surface area contributed by atoms with Crippen LogP contribution in [0.15, 0.2) is 47.4 Å². The van der Waals surface area contributed by atoms with E-state index in [0.717, 1.165) is 25.7 Å². The molecule has 0 radical (unpaired) electrons. The van der Waals surface area contributed by atoms with Gasteiger partial charge in [0.1, 0.15) is 10.6 Å². The predicted octanol–water partition coefficient (Wildman–Crippen LogP) is 3.49. The van der Waals surface area contributed by atoms with Crippen molar-refractivity contribution in [2.45, 2.75) is 30.6 Å². The Balaban J connectivity index is 1.37. The number of rotatable bonds is 8. The van der Waals surface area contributed by atoms with Crippen LogP contribution in [-0.4, -0.2) is 44.2 Å². The van der Waals surface area contributed by atoms with Crippen molar-refractivity contribution in [3.05, 3.63) is 47.5 Å². The number of hydrogen-bond acceptors (Lipinski definition) is 5. The van der Waals surface area contributed by atoms with Crippen molar-refractivity contribution in [1.82, 2.24) is 4.31 Å². The van der Waals surface area contributed by atoms with Crippen LogP contribution >= 0.6 is 11.6 Å². The van der Waals surface area contributed by atoms with Gasteiger partial charge in [-0.2, -0.15) is 4.31 Å². The molecule has 0 unspecified atom stereocenters. The van der Waals surface area contributed by atoms with Crippen molar-refractivity contribution in [3.8, 4) is 5.75 Å². The first kappa shape index (κ1) is 22.6. The molecule has 0 aromatic heterocycles. The van der Waals surface area contributed by atoms with Crippen molar-refractivity contribution in [3.63, 3.8) is 0 Å². The maximum Gasteiger partial charge on any atom is 0.262 e. The number of carbonyl (C=O) groups excluding carboxylic acids is 2. The summed E-state index contributed by atoms with van der Waals surface area (Å²) in [6, 6.07) is 11.2. The maximum absolute atomic E-state index is 12.8. The molecular formula is C22H24ClN3O5S. The lowest BCUT2D eigenvalue weighted by atomic mass is 10.3. The van der Waals surface area contributed by atoms with Gasteiger partial charge in [0.25, 0.3) is 5.91 Å². The molecule has 1 aliphatic heterocycles. The summed E-state index contributed by atoms with van der Waals surface area (Å²) in [4.78, 5) is 24.2. The van der Waals surface area contributed by atoms with E-state index in [1.165, 1.54) is 22.5 Å². The van der Waals surface area contributed by atoms with Gasteiger partial charge in [-0.1, -0.05) is 17.7 Å². The van der Waals surface area contributed by atoms with Crippen molar-refractivity contribution in [2.24, 2.45) is 5.92 Å². The van der Waals surface area contributed by atoms with E-state index in [0.29, 0.717) is 30.2 Å². The Kier molecular flexibility index (Phi) is 6.68. The second kappa shape index (κ2) is 9.48. The van der Waals surface area contributed by atoms with E-state index in [2.05, 4.69) is 10.6 Å². The Labute approximate surface area is 191 Å². The largest absolute Gasteiger partial charge is 0.484 e. The molecular weight excluding hydrogens is 454 g/mol. The highest BCUT2D eigenvalue weighted by Crippen LogP contribution is 2.31. The summed E-state index contributed by atoms with van der Waals surface area (Å²) in [6.45, 7) is 0.642. The molecule has 8 nitrogen and oxygen atoms in total. The SMILES string of the molecule is O=C(COc1cccc(NC(=O)C2CC2)c1)Nc1ccc(Cl)c(S(=O)(=O)N2CCCC2)c1. The van der Waals surface area contributed by atoms with Gasteiger partial charge in [0.15, 0.2) is 6.61 Å². The van der Waals surface area contributed by atoms with Gasteiger partial charge in [0.05, 0.1) is 5.02 Å². The summed E-state index contributed by atoms with van der Waals surface area (Å²) < 4.78 is 32.6. The lowest BCUT2D eigenvalue weighted by Crippen LogP contribution is -2.28. The topological polar surface area (TPSA) is 105 Å². The second-order valence-corrected chi connectivity index (χ2v) is 10.2. The quantitative estimate of drug-likeness (QED) is 0.605. The molecule has 32 heavy (non-hydrogen) atoms. The van der Waals surface area contributed by atoms with Crippen molar-refractivity contribution < 1.29 is 22.7 Å². The molecule has 2 N–H and O–H groups in total. The van der Waals surface area contributed by atoms with Crippen LogP contribution in [-0.2, 0) is 19.6 Å². The molecule has 2 amide bonds. The third kappa shape index (κ3) is 5.40. The molecule has 170 valence electrons. The highest BCUT2D eigenvalue weighted by atomic mass is 35.5. The standard InChI is InChI=1S/C22H24ClN3O5S/c23-19-9-8-17(13-20(19)32(29,30)26-10-1-2-11-26)24-21(27)14-31-18-5-3-4-16(12-18)25-22(28)15-6-7-15/h3-5,8-9,12-13,15H,1-2,6-7,10-11,14H2,(H,24,27)(H,25,28). The van der Waals surface area contributed by atoms with Crippen LogP contribution in [0.25, 0.3) is 0 Å². The van der Waals surface area contributed by atoms with Gasteiger partial charge in [0.2, 0.25) is 15.9 Å². The number of benzene rings is 2. The summed E-state index contributed by atoms with van der Waals surface area (Å²) in [5.74, 6) is 0.0534. The molecule has 4 rings (SSSR count). The number of nitrogens with one attached hydrogen (secondary N) is 2. The molecule has 0 spiro atoms. The van der Waals surface area contributed by atoms with Gasteiger partial charge in [0, 0.05) is 36.4 Å². The predicted molar refractivity (Wildman–Crippen MR) is 121 cm³/mol. The van der Waals surface area contributed by atoms with E-state index in [1.807, 2.05) is 0 Å². The Morgan fingerprint density at radius 1 is 1.03 bits per heavy atom. The van der Waals surface area contributed by atoms with Crippen molar-refractivity contribution in [1.29, 1.82) is 0 Å². The third-order valence-corrected chi connectivity index (χ3v) is 7.70. The van der Waals surface area contributed by atoms with E-state index >= 15 is 0 Å². The Hall–Kier alpha value is -2.62. The zero-order chi connectivity index (χ0) is 22.7. The summed E-state index contributed by atoms with van der Waals surface area (Å²) in [5.41, 5.74) is 0.917. The van der Waals surface area contributed by atoms with Gasteiger partial charge in [-0.3, -0.25) is 9.59 Å². The first-order valence-corrected chi connectivity index (χ1v) is 12.3. The number of amides is 2. The molecule has 2 aromatic carbocycles. The van der Waals surface area contributed by atoms with Gasteiger partial charge >= 0.3 is 0 Å². The molecule has 1 heterocycles. The molecule has 2 aromatic rings. The first-order chi connectivity index (χ1) is 15.3. The minimum atomic E-state index is -3.72. The molecule has 10 heteroatoms. The normalized spacial score (nSPS) is 16.5. The smallest absolute Gasteiger partial charge is 0.262 e. The van der Waals surface area contributed by atoms with E-state index in [4.69, 9.17) is 16.3 Å². The lowest BCUT2D eigenvalue weighted by Gasteiger charge is -2.17. The van der Waals surface area contributed by atoms with Crippen LogP contribution in [0.3, 0.4) is 0 Å². The molecule has 1 aliphatic carbocycles. The van der Waals surface area contributed by atoms with Crippen LogP contribution < -0.4 is 15.4 Å². The fraction of sp³-hybridized carbons (Fsp3) is 0.364. The van der Waals surface area contributed by atoms with Crippen LogP contribution in [0.4, 0.5) is 11.4 Å². The van der Waals surface area contributed by atoms with Gasteiger partial charge in [-0.05, 0) is 56.0 Å². The van der Waals surface area contributed by atoms with Crippen LogP contribution in [0.1, 0.15) is 25.7 Å². The first-order valence-electron chi connectivity index (χ1n) is 10.5. The number of nitrogens with zero attached hydrogens (tertiary/aromatic N) is 1.